The number of rotatable bonds is 4. The standard InChI is InChI=1S/C14H15NOS/c1-11-8-9-14(17-11)13(16)10-15(2)12-6-4-3-5-7-12/h3-9H,10H2,1-2H3. The first-order valence-electron chi connectivity index (χ1n) is 5.52. The van der Waals surface area contributed by atoms with Crippen LogP contribution in [-0.4, -0.2) is 19.4 Å². The van der Waals surface area contributed by atoms with Crippen LogP contribution >= 0.6 is 11.3 Å². The van der Waals surface area contributed by atoms with E-state index in [-0.39, 0.29) is 5.78 Å². The van der Waals surface area contributed by atoms with Gasteiger partial charge in [0, 0.05) is 17.6 Å². The van der Waals surface area contributed by atoms with Gasteiger partial charge in [-0.25, -0.2) is 0 Å². The normalized spacial score (nSPS) is 10.2. The van der Waals surface area contributed by atoms with Crippen LogP contribution in [0, 0.1) is 6.92 Å². The van der Waals surface area contributed by atoms with Crippen LogP contribution in [0.2, 0.25) is 0 Å². The molecule has 0 aliphatic rings. The van der Waals surface area contributed by atoms with Crippen molar-refractivity contribution in [3.05, 3.63) is 52.2 Å². The number of benzene rings is 1. The van der Waals surface area contributed by atoms with Crippen molar-refractivity contribution in [1.82, 2.24) is 0 Å². The van der Waals surface area contributed by atoms with Crippen LogP contribution in [0.15, 0.2) is 42.5 Å². The second-order valence-electron chi connectivity index (χ2n) is 4.03. The third kappa shape index (κ3) is 2.94. The van der Waals surface area contributed by atoms with Crippen LogP contribution in [0.3, 0.4) is 0 Å². The number of anilines is 1. The molecule has 1 aromatic heterocycles. The molecule has 0 saturated heterocycles. The van der Waals surface area contributed by atoms with Gasteiger partial charge in [0.25, 0.3) is 0 Å². The van der Waals surface area contributed by atoms with Gasteiger partial charge in [0.1, 0.15) is 0 Å². The molecule has 2 rings (SSSR count). The van der Waals surface area contributed by atoms with Crippen molar-refractivity contribution >= 4 is 22.8 Å². The number of carbonyl (C=O) groups is 1. The minimum Gasteiger partial charge on any atom is -0.367 e. The lowest BCUT2D eigenvalue weighted by Gasteiger charge is -2.17. The number of Topliss-reactive ketones (excluding diaryl/α,β-unsaturated/α-hetero) is 1. The van der Waals surface area contributed by atoms with E-state index >= 15 is 0 Å². The number of likely N-dealkylation sites (N-methyl/N-ethyl adjacent to an activating group) is 1. The molecule has 3 heteroatoms. The van der Waals surface area contributed by atoms with E-state index in [2.05, 4.69) is 0 Å². The molecule has 0 N–H and O–H groups in total. The first-order valence-corrected chi connectivity index (χ1v) is 6.34. The molecule has 0 aliphatic carbocycles. The Labute approximate surface area is 106 Å². The lowest BCUT2D eigenvalue weighted by Crippen LogP contribution is -2.24. The van der Waals surface area contributed by atoms with Gasteiger partial charge in [0.15, 0.2) is 5.78 Å². The molecule has 2 nitrogen and oxygen atoms in total. The Kier molecular flexibility index (Phi) is 3.59. The van der Waals surface area contributed by atoms with Crippen molar-refractivity contribution in [2.45, 2.75) is 6.92 Å². The fraction of sp³-hybridized carbons (Fsp3) is 0.214. The summed E-state index contributed by atoms with van der Waals surface area (Å²) >= 11 is 1.56. The zero-order valence-electron chi connectivity index (χ0n) is 10.0. The van der Waals surface area contributed by atoms with Crippen LogP contribution in [0.1, 0.15) is 14.5 Å². The summed E-state index contributed by atoms with van der Waals surface area (Å²) in [5.74, 6) is 0.175. The number of hydrogen-bond acceptors (Lipinski definition) is 3. The van der Waals surface area contributed by atoms with E-state index in [9.17, 15) is 4.79 Å². The molecule has 0 spiro atoms. The molecule has 0 unspecified atom stereocenters. The molecule has 2 aromatic rings. The molecule has 0 atom stereocenters. The van der Waals surface area contributed by atoms with Crippen molar-refractivity contribution in [2.24, 2.45) is 0 Å². The lowest BCUT2D eigenvalue weighted by molar-refractivity contribution is 0.100. The summed E-state index contributed by atoms with van der Waals surface area (Å²) in [6.45, 7) is 2.44. The van der Waals surface area contributed by atoms with Crippen LogP contribution < -0.4 is 4.90 Å². The Morgan fingerprint density at radius 3 is 2.47 bits per heavy atom. The second kappa shape index (κ2) is 5.15. The minimum absolute atomic E-state index is 0.175. The van der Waals surface area contributed by atoms with E-state index in [0.29, 0.717) is 6.54 Å². The maximum atomic E-state index is 12.0. The topological polar surface area (TPSA) is 20.3 Å². The minimum atomic E-state index is 0.175. The molecule has 17 heavy (non-hydrogen) atoms. The van der Waals surface area contributed by atoms with Gasteiger partial charge in [-0.15, -0.1) is 11.3 Å². The number of aryl methyl sites for hydroxylation is 1. The van der Waals surface area contributed by atoms with Crippen molar-refractivity contribution in [3.8, 4) is 0 Å². The highest BCUT2D eigenvalue weighted by Gasteiger charge is 2.11. The molecule has 88 valence electrons. The largest absolute Gasteiger partial charge is 0.367 e. The zero-order chi connectivity index (χ0) is 12.3. The smallest absolute Gasteiger partial charge is 0.191 e. The molecule has 0 amide bonds. The zero-order valence-corrected chi connectivity index (χ0v) is 10.8. The Morgan fingerprint density at radius 2 is 1.88 bits per heavy atom. The van der Waals surface area contributed by atoms with E-state index < -0.39 is 0 Å². The van der Waals surface area contributed by atoms with Crippen molar-refractivity contribution in [2.75, 3.05) is 18.5 Å². The monoisotopic (exact) mass is 245 g/mol. The fourth-order valence-electron chi connectivity index (χ4n) is 1.65. The number of carbonyl (C=O) groups excluding carboxylic acids is 1. The third-order valence-electron chi connectivity index (χ3n) is 2.59. The first-order chi connectivity index (χ1) is 8.16. The van der Waals surface area contributed by atoms with Gasteiger partial charge in [-0.1, -0.05) is 18.2 Å². The van der Waals surface area contributed by atoms with E-state index in [1.54, 1.807) is 11.3 Å². The Balaban J connectivity index is 2.04. The summed E-state index contributed by atoms with van der Waals surface area (Å²) in [5.41, 5.74) is 1.06. The Hall–Kier alpha value is -1.61. The van der Waals surface area contributed by atoms with Gasteiger partial charge in [0.2, 0.25) is 0 Å². The van der Waals surface area contributed by atoms with Crippen LogP contribution in [-0.2, 0) is 0 Å². The molecule has 1 aromatic carbocycles. The number of thiophene rings is 1. The molecule has 0 radical (unpaired) electrons. The number of para-hydroxylation sites is 1. The van der Waals surface area contributed by atoms with E-state index in [4.69, 9.17) is 0 Å². The van der Waals surface area contributed by atoms with Crippen LogP contribution in [0.25, 0.3) is 0 Å². The molecular formula is C14H15NOS. The maximum Gasteiger partial charge on any atom is 0.191 e. The van der Waals surface area contributed by atoms with E-state index in [1.807, 2.05) is 61.3 Å². The third-order valence-corrected chi connectivity index (χ3v) is 3.63. The summed E-state index contributed by atoms with van der Waals surface area (Å²) in [7, 11) is 1.94. The number of nitrogens with zero attached hydrogens (tertiary/aromatic N) is 1. The SMILES string of the molecule is Cc1ccc(C(=O)CN(C)c2ccccc2)s1. The highest BCUT2D eigenvalue weighted by molar-refractivity contribution is 7.14. The summed E-state index contributed by atoms with van der Waals surface area (Å²) < 4.78 is 0. The van der Waals surface area contributed by atoms with Gasteiger partial charge < -0.3 is 4.90 Å². The van der Waals surface area contributed by atoms with Gasteiger partial charge in [-0.05, 0) is 31.2 Å². The second-order valence-corrected chi connectivity index (χ2v) is 5.31. The van der Waals surface area contributed by atoms with Gasteiger partial charge >= 0.3 is 0 Å². The average Bonchev–Trinajstić information content (AvgIpc) is 2.77. The quantitative estimate of drug-likeness (QED) is 0.770. The van der Waals surface area contributed by atoms with Crippen molar-refractivity contribution < 1.29 is 4.79 Å². The maximum absolute atomic E-state index is 12.0. The van der Waals surface area contributed by atoms with Crippen molar-refractivity contribution in [1.29, 1.82) is 0 Å². The fourth-order valence-corrected chi connectivity index (χ4v) is 2.45. The van der Waals surface area contributed by atoms with E-state index in [0.717, 1.165) is 10.6 Å². The Morgan fingerprint density at radius 1 is 1.18 bits per heavy atom. The summed E-state index contributed by atoms with van der Waals surface area (Å²) in [5, 5.41) is 0. The van der Waals surface area contributed by atoms with Gasteiger partial charge in [0.05, 0.1) is 11.4 Å². The van der Waals surface area contributed by atoms with Crippen LogP contribution in [0.4, 0.5) is 5.69 Å². The van der Waals surface area contributed by atoms with Gasteiger partial charge in [-0.3, -0.25) is 4.79 Å². The highest BCUT2D eigenvalue weighted by Crippen LogP contribution is 2.17. The average molecular weight is 245 g/mol. The molecule has 0 fully saturated rings. The van der Waals surface area contributed by atoms with Gasteiger partial charge in [-0.2, -0.15) is 0 Å². The predicted octanol–water partition coefficient (Wildman–Crippen LogP) is 3.38. The summed E-state index contributed by atoms with van der Waals surface area (Å²) in [4.78, 5) is 16.0. The number of hydrogen-bond donors (Lipinski definition) is 0. The van der Waals surface area contributed by atoms with Crippen LogP contribution in [0.5, 0.6) is 0 Å². The van der Waals surface area contributed by atoms with Crippen molar-refractivity contribution in [3.63, 3.8) is 0 Å². The molecular weight excluding hydrogens is 230 g/mol. The predicted molar refractivity (Wildman–Crippen MR) is 73.1 cm³/mol. The highest BCUT2D eigenvalue weighted by atomic mass is 32.1. The summed E-state index contributed by atoms with van der Waals surface area (Å²) in [6, 6.07) is 13.8. The first kappa shape index (κ1) is 11.9. The van der Waals surface area contributed by atoms with E-state index in [1.165, 1.54) is 4.88 Å². The lowest BCUT2D eigenvalue weighted by atomic mass is 10.2. The number of ketones is 1. The molecule has 1 heterocycles. The molecule has 0 bridgehead atoms. The molecule has 0 saturated carbocycles. The summed E-state index contributed by atoms with van der Waals surface area (Å²) in [6.07, 6.45) is 0. The molecule has 0 aliphatic heterocycles. The Bertz CT molecular complexity index is 504.